The second-order valence-corrected chi connectivity index (χ2v) is 5.31. The van der Waals surface area contributed by atoms with E-state index in [0.29, 0.717) is 11.1 Å². The lowest BCUT2D eigenvalue weighted by atomic mass is 10.4. The van der Waals surface area contributed by atoms with Crippen LogP contribution >= 0.6 is 11.8 Å². The van der Waals surface area contributed by atoms with Crippen molar-refractivity contribution in [3.8, 4) is 0 Å². The number of hydrogen-bond donors (Lipinski definition) is 2. The number of carboxylic acid groups (broad SMARTS) is 1. The largest absolute Gasteiger partial charge is 0.475 e. The zero-order chi connectivity index (χ0) is 12.4. The number of thioether (sulfide) groups is 1. The van der Waals surface area contributed by atoms with Crippen molar-refractivity contribution < 1.29 is 19.1 Å². The van der Waals surface area contributed by atoms with E-state index in [9.17, 15) is 9.59 Å². The lowest BCUT2D eigenvalue weighted by Crippen LogP contribution is -2.32. The lowest BCUT2D eigenvalue weighted by Gasteiger charge is -2.09. The van der Waals surface area contributed by atoms with Crippen LogP contribution in [0.15, 0.2) is 21.6 Å². The Morgan fingerprint density at radius 3 is 2.76 bits per heavy atom. The van der Waals surface area contributed by atoms with Gasteiger partial charge in [0.05, 0.1) is 5.25 Å². The standard InChI is InChI=1S/C11H13NO4S/c1-6(10(13)12-7-2-3-7)17-9-5-4-8(16-9)11(14)15/h4-7H,2-3H2,1H3,(H,12,13)(H,14,15). The molecule has 1 saturated carbocycles. The minimum Gasteiger partial charge on any atom is -0.475 e. The third kappa shape index (κ3) is 3.26. The topological polar surface area (TPSA) is 79.5 Å². The van der Waals surface area contributed by atoms with Gasteiger partial charge >= 0.3 is 5.97 Å². The van der Waals surface area contributed by atoms with Crippen molar-refractivity contribution in [2.45, 2.75) is 36.1 Å². The van der Waals surface area contributed by atoms with Gasteiger partial charge in [-0.2, -0.15) is 0 Å². The summed E-state index contributed by atoms with van der Waals surface area (Å²) in [6, 6.07) is 3.28. The molecule has 2 rings (SSSR count). The highest BCUT2D eigenvalue weighted by molar-refractivity contribution is 8.00. The minimum absolute atomic E-state index is 0.0363. The molecule has 2 N–H and O–H groups in total. The summed E-state index contributed by atoms with van der Waals surface area (Å²) >= 11 is 1.22. The number of furan rings is 1. The number of amides is 1. The van der Waals surface area contributed by atoms with Gasteiger partial charge in [0.25, 0.3) is 0 Å². The molecule has 1 aromatic rings. The molecule has 5 nitrogen and oxygen atoms in total. The molecular weight excluding hydrogens is 242 g/mol. The first kappa shape index (κ1) is 12.0. The summed E-state index contributed by atoms with van der Waals surface area (Å²) < 4.78 is 5.07. The maximum absolute atomic E-state index is 11.6. The Balaban J connectivity index is 1.89. The van der Waals surface area contributed by atoms with E-state index in [4.69, 9.17) is 9.52 Å². The molecule has 92 valence electrons. The Labute approximate surface area is 103 Å². The molecule has 1 aromatic heterocycles. The average Bonchev–Trinajstić information content (AvgIpc) is 2.94. The fourth-order valence-corrected chi connectivity index (χ4v) is 2.08. The van der Waals surface area contributed by atoms with Gasteiger partial charge in [-0.1, -0.05) is 11.8 Å². The van der Waals surface area contributed by atoms with Gasteiger partial charge in [-0.05, 0) is 31.9 Å². The number of carbonyl (C=O) groups is 2. The van der Waals surface area contributed by atoms with Gasteiger partial charge in [0, 0.05) is 6.04 Å². The molecule has 1 aliphatic rings. The Kier molecular flexibility index (Phi) is 3.42. The molecule has 0 saturated heterocycles. The van der Waals surface area contributed by atoms with E-state index in [-0.39, 0.29) is 16.9 Å². The van der Waals surface area contributed by atoms with E-state index in [1.54, 1.807) is 13.0 Å². The third-order valence-corrected chi connectivity index (χ3v) is 3.40. The van der Waals surface area contributed by atoms with Crippen LogP contribution in [0.1, 0.15) is 30.3 Å². The first-order chi connectivity index (χ1) is 8.06. The molecule has 0 spiro atoms. The van der Waals surface area contributed by atoms with Gasteiger partial charge < -0.3 is 14.8 Å². The maximum atomic E-state index is 11.6. The quantitative estimate of drug-likeness (QED) is 0.783. The summed E-state index contributed by atoms with van der Waals surface area (Å²) in [6.45, 7) is 1.77. The molecular formula is C11H13NO4S. The zero-order valence-corrected chi connectivity index (χ0v) is 10.1. The van der Waals surface area contributed by atoms with Crippen LogP contribution in [-0.4, -0.2) is 28.3 Å². The summed E-state index contributed by atoms with van der Waals surface area (Å²) in [5.74, 6) is -1.25. The summed E-state index contributed by atoms with van der Waals surface area (Å²) in [5, 5.41) is 11.7. The van der Waals surface area contributed by atoms with Gasteiger partial charge in [0.1, 0.15) is 0 Å². The smallest absolute Gasteiger partial charge is 0.371 e. The van der Waals surface area contributed by atoms with Gasteiger partial charge in [-0.15, -0.1) is 0 Å². The van der Waals surface area contributed by atoms with Gasteiger partial charge in [-0.25, -0.2) is 4.79 Å². The molecule has 1 heterocycles. The van der Waals surface area contributed by atoms with Crippen molar-refractivity contribution in [1.82, 2.24) is 5.32 Å². The fourth-order valence-electron chi connectivity index (χ4n) is 1.27. The second kappa shape index (κ2) is 4.83. The predicted molar refractivity (Wildman–Crippen MR) is 62.2 cm³/mol. The van der Waals surface area contributed by atoms with E-state index < -0.39 is 5.97 Å². The molecule has 0 radical (unpaired) electrons. The fraction of sp³-hybridized carbons (Fsp3) is 0.455. The molecule has 1 atom stereocenters. The predicted octanol–water partition coefficient (Wildman–Crippen LogP) is 1.74. The van der Waals surface area contributed by atoms with Gasteiger partial charge in [0.15, 0.2) is 5.09 Å². The number of rotatable bonds is 5. The van der Waals surface area contributed by atoms with Crippen molar-refractivity contribution in [3.63, 3.8) is 0 Å². The summed E-state index contributed by atoms with van der Waals surface area (Å²) in [7, 11) is 0. The van der Waals surface area contributed by atoms with Crippen molar-refractivity contribution in [1.29, 1.82) is 0 Å². The van der Waals surface area contributed by atoms with E-state index in [0.717, 1.165) is 12.8 Å². The van der Waals surface area contributed by atoms with E-state index >= 15 is 0 Å². The Hall–Kier alpha value is -1.43. The summed E-state index contributed by atoms with van der Waals surface area (Å²) in [6.07, 6.45) is 2.10. The second-order valence-electron chi connectivity index (χ2n) is 3.97. The van der Waals surface area contributed by atoms with Gasteiger partial charge in [0.2, 0.25) is 11.7 Å². The first-order valence-electron chi connectivity index (χ1n) is 5.36. The highest BCUT2D eigenvalue weighted by atomic mass is 32.2. The molecule has 17 heavy (non-hydrogen) atoms. The van der Waals surface area contributed by atoms with Crippen molar-refractivity contribution in [3.05, 3.63) is 17.9 Å². The van der Waals surface area contributed by atoms with Crippen LogP contribution in [0.5, 0.6) is 0 Å². The Morgan fingerprint density at radius 2 is 2.24 bits per heavy atom. The molecule has 6 heteroatoms. The molecule has 1 aliphatic carbocycles. The third-order valence-electron chi connectivity index (χ3n) is 2.38. The molecule has 0 bridgehead atoms. The van der Waals surface area contributed by atoms with Crippen LogP contribution in [0.25, 0.3) is 0 Å². The van der Waals surface area contributed by atoms with E-state index in [2.05, 4.69) is 5.32 Å². The molecule has 0 aliphatic heterocycles. The Bertz CT molecular complexity index is 438. The Morgan fingerprint density at radius 1 is 1.53 bits per heavy atom. The van der Waals surface area contributed by atoms with Crippen LogP contribution in [0.2, 0.25) is 0 Å². The number of nitrogens with one attached hydrogen (secondary N) is 1. The highest BCUT2D eigenvalue weighted by Gasteiger charge is 2.26. The monoisotopic (exact) mass is 255 g/mol. The van der Waals surface area contributed by atoms with Crippen LogP contribution in [0, 0.1) is 0 Å². The highest BCUT2D eigenvalue weighted by Crippen LogP contribution is 2.27. The average molecular weight is 255 g/mol. The van der Waals surface area contributed by atoms with Crippen LogP contribution in [0.4, 0.5) is 0 Å². The summed E-state index contributed by atoms with van der Waals surface area (Å²) in [5.41, 5.74) is 0. The lowest BCUT2D eigenvalue weighted by molar-refractivity contribution is -0.120. The molecule has 0 aromatic carbocycles. The van der Waals surface area contributed by atoms with Crippen LogP contribution < -0.4 is 5.32 Å². The number of hydrogen-bond acceptors (Lipinski definition) is 4. The zero-order valence-electron chi connectivity index (χ0n) is 9.30. The maximum Gasteiger partial charge on any atom is 0.371 e. The van der Waals surface area contributed by atoms with E-state index in [1.165, 1.54) is 17.8 Å². The van der Waals surface area contributed by atoms with Crippen molar-refractivity contribution in [2.24, 2.45) is 0 Å². The SMILES string of the molecule is CC(Sc1ccc(C(=O)O)o1)C(=O)NC1CC1. The van der Waals surface area contributed by atoms with Crippen LogP contribution in [0.3, 0.4) is 0 Å². The van der Waals surface area contributed by atoms with E-state index in [1.807, 2.05) is 0 Å². The van der Waals surface area contributed by atoms with Crippen molar-refractivity contribution >= 4 is 23.6 Å². The summed E-state index contributed by atoms with van der Waals surface area (Å²) in [4.78, 5) is 22.3. The minimum atomic E-state index is -1.10. The number of carbonyl (C=O) groups excluding carboxylic acids is 1. The molecule has 1 fully saturated rings. The molecule has 1 amide bonds. The molecule has 1 unspecified atom stereocenters. The van der Waals surface area contributed by atoms with Crippen molar-refractivity contribution in [2.75, 3.05) is 0 Å². The van der Waals surface area contributed by atoms with Crippen LogP contribution in [-0.2, 0) is 4.79 Å². The number of aromatic carboxylic acids is 1. The van der Waals surface area contributed by atoms with Gasteiger partial charge in [-0.3, -0.25) is 4.79 Å². The normalized spacial score (nSPS) is 16.5. The number of carboxylic acids is 1. The first-order valence-corrected chi connectivity index (χ1v) is 6.24.